The van der Waals surface area contributed by atoms with Crippen molar-refractivity contribution in [3.63, 3.8) is 0 Å². The molecule has 1 N–H and O–H groups in total. The van der Waals surface area contributed by atoms with Gasteiger partial charge in [-0.25, -0.2) is 0 Å². The van der Waals surface area contributed by atoms with Gasteiger partial charge in [-0.3, -0.25) is 0 Å². The number of thioether (sulfide) groups is 1. The van der Waals surface area contributed by atoms with Crippen molar-refractivity contribution in [3.05, 3.63) is 0 Å². The fourth-order valence-electron chi connectivity index (χ4n) is 1.71. The summed E-state index contributed by atoms with van der Waals surface area (Å²) < 4.78 is 5.59. The first-order chi connectivity index (χ1) is 10.1. The second-order valence-corrected chi connectivity index (χ2v) is 5.86. The van der Waals surface area contributed by atoms with E-state index in [1.165, 1.54) is 0 Å². The lowest BCUT2D eigenvalue weighted by molar-refractivity contribution is 0.219. The van der Waals surface area contributed by atoms with Crippen LogP contribution >= 0.6 is 11.8 Å². The first kappa shape index (κ1) is 18.0. The summed E-state index contributed by atoms with van der Waals surface area (Å²) >= 11 is 1.64. The Balaban J connectivity index is 2.68. The minimum absolute atomic E-state index is 0.0513. The molecular formula is C14H27N5OS. The van der Waals surface area contributed by atoms with Gasteiger partial charge in [-0.15, -0.1) is 0 Å². The van der Waals surface area contributed by atoms with Crippen LogP contribution in [0.1, 0.15) is 34.6 Å². The van der Waals surface area contributed by atoms with Crippen LogP contribution < -0.4 is 10.1 Å². The second-order valence-electron chi connectivity index (χ2n) is 4.80. The monoisotopic (exact) mass is 313 g/mol. The zero-order valence-electron chi connectivity index (χ0n) is 13.7. The van der Waals surface area contributed by atoms with E-state index in [1.54, 1.807) is 11.8 Å². The van der Waals surface area contributed by atoms with Crippen LogP contribution in [0.3, 0.4) is 0 Å². The zero-order chi connectivity index (χ0) is 15.7. The lowest BCUT2D eigenvalue weighted by atomic mass is 10.5. The molecule has 1 rings (SSSR count). The molecule has 0 radical (unpaired) electrons. The summed E-state index contributed by atoms with van der Waals surface area (Å²) in [7, 11) is 0. The van der Waals surface area contributed by atoms with E-state index in [0.29, 0.717) is 17.1 Å². The predicted octanol–water partition coefficient (Wildman–Crippen LogP) is 2.52. The molecule has 0 aliphatic carbocycles. The van der Waals surface area contributed by atoms with Gasteiger partial charge >= 0.3 is 6.01 Å². The minimum atomic E-state index is 0.0513. The highest BCUT2D eigenvalue weighted by atomic mass is 32.2. The topological polar surface area (TPSA) is 63.2 Å². The predicted molar refractivity (Wildman–Crippen MR) is 88.3 cm³/mol. The molecule has 1 aromatic rings. The maximum absolute atomic E-state index is 5.59. The molecule has 7 heteroatoms. The van der Waals surface area contributed by atoms with E-state index in [0.717, 1.165) is 31.9 Å². The van der Waals surface area contributed by atoms with Gasteiger partial charge in [0.2, 0.25) is 5.95 Å². The zero-order valence-corrected chi connectivity index (χ0v) is 14.5. The first-order valence-electron chi connectivity index (χ1n) is 7.60. The van der Waals surface area contributed by atoms with Crippen LogP contribution in [0, 0.1) is 0 Å². The van der Waals surface area contributed by atoms with Crippen LogP contribution in [-0.2, 0) is 0 Å². The average Bonchev–Trinajstić information content (AvgIpc) is 2.43. The maximum atomic E-state index is 5.59. The minimum Gasteiger partial charge on any atom is -0.461 e. The number of nitrogens with zero attached hydrogens (tertiary/aromatic N) is 4. The van der Waals surface area contributed by atoms with Crippen molar-refractivity contribution in [1.82, 2.24) is 19.9 Å². The van der Waals surface area contributed by atoms with E-state index in [4.69, 9.17) is 4.74 Å². The van der Waals surface area contributed by atoms with Gasteiger partial charge in [0.1, 0.15) is 0 Å². The number of ether oxygens (including phenoxy) is 1. The molecule has 0 unspecified atom stereocenters. The van der Waals surface area contributed by atoms with E-state index in [2.05, 4.69) is 39.0 Å². The molecule has 6 nitrogen and oxygen atoms in total. The summed E-state index contributed by atoms with van der Waals surface area (Å²) in [5, 5.41) is 3.83. The largest absolute Gasteiger partial charge is 0.461 e. The number of anilines is 1. The molecule has 0 aromatic carbocycles. The molecule has 0 amide bonds. The van der Waals surface area contributed by atoms with Crippen molar-refractivity contribution in [2.75, 3.05) is 37.2 Å². The Hall–Kier alpha value is -1.08. The molecule has 0 aliphatic heterocycles. The summed E-state index contributed by atoms with van der Waals surface area (Å²) in [6.07, 6.45) is 0.0513. The van der Waals surface area contributed by atoms with Gasteiger partial charge in [0, 0.05) is 18.8 Å². The van der Waals surface area contributed by atoms with E-state index in [1.807, 2.05) is 20.8 Å². The Morgan fingerprint density at radius 3 is 2.43 bits per heavy atom. The van der Waals surface area contributed by atoms with Crippen LogP contribution in [0.2, 0.25) is 0 Å². The molecule has 21 heavy (non-hydrogen) atoms. The molecule has 0 fully saturated rings. The Kier molecular flexibility index (Phi) is 8.37. The van der Waals surface area contributed by atoms with Crippen molar-refractivity contribution in [2.45, 2.75) is 45.9 Å². The van der Waals surface area contributed by atoms with Gasteiger partial charge in [0.05, 0.1) is 6.10 Å². The number of rotatable bonds is 10. The number of hydrogen-bond donors (Lipinski definition) is 1. The number of hydrogen-bond acceptors (Lipinski definition) is 7. The van der Waals surface area contributed by atoms with Crippen molar-refractivity contribution in [2.24, 2.45) is 0 Å². The quantitative estimate of drug-likeness (QED) is 0.666. The first-order valence-corrected chi connectivity index (χ1v) is 8.59. The van der Waals surface area contributed by atoms with Crippen molar-refractivity contribution in [3.8, 4) is 6.01 Å². The Bertz CT molecular complexity index is 412. The van der Waals surface area contributed by atoms with Crippen molar-refractivity contribution in [1.29, 1.82) is 0 Å². The fourth-order valence-corrected chi connectivity index (χ4v) is 2.53. The highest BCUT2D eigenvalue weighted by Crippen LogP contribution is 2.18. The highest BCUT2D eigenvalue weighted by Gasteiger charge is 2.09. The molecule has 0 spiro atoms. The van der Waals surface area contributed by atoms with Crippen molar-refractivity contribution < 1.29 is 4.74 Å². The third-order valence-electron chi connectivity index (χ3n) is 2.80. The second kappa shape index (κ2) is 9.78. The summed E-state index contributed by atoms with van der Waals surface area (Å²) in [6, 6.07) is 0.390. The molecule has 0 saturated heterocycles. The van der Waals surface area contributed by atoms with Gasteiger partial charge in [-0.1, -0.05) is 25.6 Å². The molecule has 0 bridgehead atoms. The summed E-state index contributed by atoms with van der Waals surface area (Å²) in [6.45, 7) is 14.2. The lowest BCUT2D eigenvalue weighted by Crippen LogP contribution is -2.25. The van der Waals surface area contributed by atoms with Gasteiger partial charge in [-0.2, -0.15) is 15.0 Å². The third kappa shape index (κ3) is 6.95. The molecule has 0 aliphatic rings. The van der Waals surface area contributed by atoms with E-state index in [9.17, 15) is 0 Å². The molecule has 0 atom stereocenters. The number of nitrogens with one attached hydrogen (secondary N) is 1. The summed E-state index contributed by atoms with van der Waals surface area (Å²) in [4.78, 5) is 15.4. The Labute approximate surface area is 132 Å². The van der Waals surface area contributed by atoms with Crippen LogP contribution in [0.5, 0.6) is 6.01 Å². The summed E-state index contributed by atoms with van der Waals surface area (Å²) in [5.41, 5.74) is 0. The van der Waals surface area contributed by atoms with Crippen LogP contribution in [0.4, 0.5) is 5.95 Å². The van der Waals surface area contributed by atoms with Crippen LogP contribution in [-0.4, -0.2) is 57.9 Å². The highest BCUT2D eigenvalue weighted by molar-refractivity contribution is 7.99. The third-order valence-corrected chi connectivity index (χ3v) is 3.63. The van der Waals surface area contributed by atoms with Gasteiger partial charge in [0.15, 0.2) is 5.16 Å². The SMILES string of the molecule is CCNc1nc(OC(C)C)nc(SCCN(CC)CC)n1. The molecule has 0 saturated carbocycles. The molecule has 1 heterocycles. The van der Waals surface area contributed by atoms with Gasteiger partial charge in [0.25, 0.3) is 0 Å². The molecule has 1 aromatic heterocycles. The van der Waals surface area contributed by atoms with Crippen LogP contribution in [0.15, 0.2) is 5.16 Å². The summed E-state index contributed by atoms with van der Waals surface area (Å²) in [5.74, 6) is 1.53. The van der Waals surface area contributed by atoms with E-state index >= 15 is 0 Å². The Morgan fingerprint density at radius 2 is 1.86 bits per heavy atom. The van der Waals surface area contributed by atoms with Crippen LogP contribution in [0.25, 0.3) is 0 Å². The number of aromatic nitrogens is 3. The van der Waals surface area contributed by atoms with E-state index < -0.39 is 0 Å². The fraction of sp³-hybridized carbons (Fsp3) is 0.786. The lowest BCUT2D eigenvalue weighted by Gasteiger charge is -2.17. The standard InChI is InChI=1S/C14H27N5OS/c1-6-15-12-16-13(20-11(4)5)18-14(17-12)21-10-9-19(7-2)8-3/h11H,6-10H2,1-5H3,(H,15,16,17,18). The average molecular weight is 313 g/mol. The normalized spacial score (nSPS) is 11.2. The van der Waals surface area contributed by atoms with Gasteiger partial charge < -0.3 is 15.0 Å². The molecular weight excluding hydrogens is 286 g/mol. The Morgan fingerprint density at radius 1 is 1.14 bits per heavy atom. The maximum Gasteiger partial charge on any atom is 0.322 e. The van der Waals surface area contributed by atoms with Gasteiger partial charge in [-0.05, 0) is 33.9 Å². The van der Waals surface area contributed by atoms with E-state index in [-0.39, 0.29) is 6.10 Å². The molecule has 120 valence electrons. The smallest absolute Gasteiger partial charge is 0.322 e. The van der Waals surface area contributed by atoms with Crippen molar-refractivity contribution >= 4 is 17.7 Å².